The molecule has 102 valence electrons. The molecule has 1 saturated heterocycles. The molecule has 1 amide bonds. The lowest BCUT2D eigenvalue weighted by Crippen LogP contribution is -2.48. The van der Waals surface area contributed by atoms with Crippen molar-refractivity contribution in [3.05, 3.63) is 29.8 Å². The van der Waals surface area contributed by atoms with Gasteiger partial charge in [0.15, 0.2) is 6.10 Å². The van der Waals surface area contributed by atoms with E-state index in [-0.39, 0.29) is 5.91 Å². The number of likely N-dealkylation sites (N-methyl/N-ethyl adjacent to an activating group) is 1. The van der Waals surface area contributed by atoms with Gasteiger partial charge in [0.25, 0.3) is 0 Å². The van der Waals surface area contributed by atoms with Crippen molar-refractivity contribution >= 4 is 17.6 Å². The van der Waals surface area contributed by atoms with Crippen molar-refractivity contribution in [3.8, 4) is 0 Å². The molecule has 0 spiro atoms. The van der Waals surface area contributed by atoms with Crippen molar-refractivity contribution in [1.29, 1.82) is 0 Å². The number of aliphatic carboxylic acids is 1. The van der Waals surface area contributed by atoms with E-state index in [2.05, 4.69) is 0 Å². The average molecular weight is 264 g/mol. The van der Waals surface area contributed by atoms with Crippen LogP contribution in [-0.4, -0.2) is 53.7 Å². The van der Waals surface area contributed by atoms with Gasteiger partial charge in [-0.2, -0.15) is 0 Å². The maximum Gasteiger partial charge on any atom is 0.337 e. The molecular formula is C13H16N2O4. The number of piperazine rings is 1. The number of nitrogens with zero attached hydrogens (tertiary/aromatic N) is 2. The molecule has 6 heteroatoms. The quantitative estimate of drug-likeness (QED) is 0.808. The van der Waals surface area contributed by atoms with Crippen LogP contribution in [0.4, 0.5) is 5.69 Å². The Hall–Kier alpha value is -2.08. The van der Waals surface area contributed by atoms with Gasteiger partial charge in [-0.25, -0.2) is 4.79 Å². The maximum absolute atomic E-state index is 11.6. The first-order valence-corrected chi connectivity index (χ1v) is 5.99. The number of amides is 1. The molecule has 0 saturated carbocycles. The number of aliphatic hydroxyl groups is 1. The van der Waals surface area contributed by atoms with Gasteiger partial charge in [0.05, 0.1) is 6.54 Å². The minimum absolute atomic E-state index is 0.0564. The third-order valence-corrected chi connectivity index (χ3v) is 3.27. The summed E-state index contributed by atoms with van der Waals surface area (Å²) >= 11 is 0. The molecule has 2 N–H and O–H groups in total. The van der Waals surface area contributed by atoms with Crippen LogP contribution in [0.1, 0.15) is 11.7 Å². The van der Waals surface area contributed by atoms with E-state index in [1.807, 2.05) is 4.90 Å². The Bertz CT molecular complexity index is 486. The van der Waals surface area contributed by atoms with E-state index in [4.69, 9.17) is 5.11 Å². The Kier molecular flexibility index (Phi) is 3.71. The van der Waals surface area contributed by atoms with Gasteiger partial charge in [-0.3, -0.25) is 4.79 Å². The Morgan fingerprint density at radius 2 is 1.89 bits per heavy atom. The molecule has 1 aromatic rings. The molecule has 0 bridgehead atoms. The molecule has 1 heterocycles. The van der Waals surface area contributed by atoms with E-state index in [9.17, 15) is 14.7 Å². The summed E-state index contributed by atoms with van der Waals surface area (Å²) in [6.07, 6.45) is -1.51. The number of carbonyl (C=O) groups excluding carboxylic acids is 1. The van der Waals surface area contributed by atoms with Crippen LogP contribution < -0.4 is 4.90 Å². The summed E-state index contributed by atoms with van der Waals surface area (Å²) in [6.45, 7) is 1.72. The fourth-order valence-corrected chi connectivity index (χ4v) is 1.99. The molecule has 0 aliphatic carbocycles. The SMILES string of the molecule is CN1CCN(c2ccc(C(O)C(=O)O)cc2)CC1=O. The van der Waals surface area contributed by atoms with Crippen LogP contribution in [0.25, 0.3) is 0 Å². The highest BCUT2D eigenvalue weighted by Gasteiger charge is 2.21. The van der Waals surface area contributed by atoms with Crippen molar-refractivity contribution in [1.82, 2.24) is 4.90 Å². The van der Waals surface area contributed by atoms with Crippen LogP contribution >= 0.6 is 0 Å². The predicted molar refractivity (Wildman–Crippen MR) is 68.9 cm³/mol. The lowest BCUT2D eigenvalue weighted by molar-refractivity contribution is -0.147. The van der Waals surface area contributed by atoms with Gasteiger partial charge in [0.2, 0.25) is 5.91 Å². The van der Waals surface area contributed by atoms with Gasteiger partial charge in [-0.15, -0.1) is 0 Å². The van der Waals surface area contributed by atoms with Gasteiger partial charge in [-0.05, 0) is 17.7 Å². The zero-order chi connectivity index (χ0) is 14.0. The van der Waals surface area contributed by atoms with Crippen molar-refractivity contribution in [2.24, 2.45) is 0 Å². The van der Waals surface area contributed by atoms with Crippen LogP contribution in [0, 0.1) is 0 Å². The molecule has 1 atom stereocenters. The van der Waals surface area contributed by atoms with Gasteiger partial charge in [0, 0.05) is 25.8 Å². The minimum Gasteiger partial charge on any atom is -0.479 e. The fourth-order valence-electron chi connectivity index (χ4n) is 1.99. The summed E-state index contributed by atoms with van der Waals surface area (Å²) in [4.78, 5) is 25.9. The average Bonchev–Trinajstić information content (AvgIpc) is 2.41. The summed E-state index contributed by atoms with van der Waals surface area (Å²) in [5, 5.41) is 18.1. The second-order valence-corrected chi connectivity index (χ2v) is 4.57. The highest BCUT2D eigenvalue weighted by atomic mass is 16.4. The largest absolute Gasteiger partial charge is 0.479 e. The zero-order valence-electron chi connectivity index (χ0n) is 10.6. The Balaban J connectivity index is 2.10. The summed E-state index contributed by atoms with van der Waals surface area (Å²) < 4.78 is 0. The highest BCUT2D eigenvalue weighted by Crippen LogP contribution is 2.20. The summed E-state index contributed by atoms with van der Waals surface area (Å²) in [7, 11) is 1.77. The normalized spacial score (nSPS) is 17.5. The topological polar surface area (TPSA) is 81.1 Å². The van der Waals surface area contributed by atoms with Crippen molar-refractivity contribution in [2.75, 3.05) is 31.6 Å². The first-order valence-electron chi connectivity index (χ1n) is 5.99. The Labute approximate surface area is 110 Å². The van der Waals surface area contributed by atoms with E-state index < -0.39 is 12.1 Å². The van der Waals surface area contributed by atoms with Gasteiger partial charge < -0.3 is 20.0 Å². The first kappa shape index (κ1) is 13.4. The van der Waals surface area contributed by atoms with Crippen molar-refractivity contribution in [3.63, 3.8) is 0 Å². The van der Waals surface area contributed by atoms with Gasteiger partial charge in [-0.1, -0.05) is 12.1 Å². The fraction of sp³-hybridized carbons (Fsp3) is 0.385. The molecule has 19 heavy (non-hydrogen) atoms. The molecule has 1 aliphatic rings. The van der Waals surface area contributed by atoms with E-state index in [0.29, 0.717) is 18.7 Å². The number of aliphatic hydroxyl groups excluding tert-OH is 1. The Morgan fingerprint density at radius 3 is 2.42 bits per heavy atom. The lowest BCUT2D eigenvalue weighted by atomic mass is 10.1. The maximum atomic E-state index is 11.6. The molecule has 1 aromatic carbocycles. The van der Waals surface area contributed by atoms with E-state index >= 15 is 0 Å². The molecule has 2 rings (SSSR count). The summed E-state index contributed by atoms with van der Waals surface area (Å²) in [6, 6.07) is 6.58. The monoisotopic (exact) mass is 264 g/mol. The van der Waals surface area contributed by atoms with Crippen LogP contribution in [0.15, 0.2) is 24.3 Å². The van der Waals surface area contributed by atoms with E-state index in [0.717, 1.165) is 12.2 Å². The van der Waals surface area contributed by atoms with Crippen LogP contribution in [0.5, 0.6) is 0 Å². The first-order chi connectivity index (χ1) is 8.99. The van der Waals surface area contributed by atoms with Crippen LogP contribution in [0.2, 0.25) is 0 Å². The van der Waals surface area contributed by atoms with Gasteiger partial charge in [0.1, 0.15) is 0 Å². The summed E-state index contributed by atoms with van der Waals surface area (Å²) in [5.41, 5.74) is 1.18. The molecular weight excluding hydrogens is 248 g/mol. The van der Waals surface area contributed by atoms with Crippen molar-refractivity contribution in [2.45, 2.75) is 6.10 Å². The number of hydrogen-bond acceptors (Lipinski definition) is 4. The number of carbonyl (C=O) groups is 2. The third kappa shape index (κ3) is 2.85. The zero-order valence-corrected chi connectivity index (χ0v) is 10.6. The molecule has 1 unspecified atom stereocenters. The van der Waals surface area contributed by atoms with E-state index in [1.54, 1.807) is 36.2 Å². The number of rotatable bonds is 3. The number of hydrogen-bond donors (Lipinski definition) is 2. The Morgan fingerprint density at radius 1 is 1.26 bits per heavy atom. The molecule has 0 aromatic heterocycles. The van der Waals surface area contributed by atoms with E-state index in [1.165, 1.54) is 0 Å². The van der Waals surface area contributed by atoms with Crippen LogP contribution in [0.3, 0.4) is 0 Å². The van der Waals surface area contributed by atoms with Gasteiger partial charge >= 0.3 is 5.97 Å². The molecule has 0 radical (unpaired) electrons. The number of carboxylic acid groups (broad SMARTS) is 1. The number of carboxylic acids is 1. The second kappa shape index (κ2) is 5.27. The number of benzene rings is 1. The minimum atomic E-state index is -1.51. The highest BCUT2D eigenvalue weighted by molar-refractivity contribution is 5.82. The van der Waals surface area contributed by atoms with Crippen LogP contribution in [-0.2, 0) is 9.59 Å². The molecule has 1 aliphatic heterocycles. The standard InChI is InChI=1S/C13H16N2O4/c1-14-6-7-15(8-11(14)16)10-4-2-9(3-5-10)12(17)13(18)19/h2-5,12,17H,6-8H2,1H3,(H,18,19). The van der Waals surface area contributed by atoms with Crippen molar-refractivity contribution < 1.29 is 19.8 Å². The molecule has 6 nitrogen and oxygen atoms in total. The lowest BCUT2D eigenvalue weighted by Gasteiger charge is -2.33. The molecule has 1 fully saturated rings. The third-order valence-electron chi connectivity index (χ3n) is 3.27. The smallest absolute Gasteiger partial charge is 0.337 e. The number of anilines is 1. The predicted octanol–water partition coefficient (Wildman–Crippen LogP) is 0.0830. The summed E-state index contributed by atoms with van der Waals surface area (Å²) in [5.74, 6) is -1.22. The second-order valence-electron chi connectivity index (χ2n) is 4.57.